The molecule has 0 bridgehead atoms. The number of rotatable bonds is 5. The van der Waals surface area contributed by atoms with E-state index in [1.165, 1.54) is 32.8 Å². The molecule has 1 aromatic rings. The van der Waals surface area contributed by atoms with Gasteiger partial charge in [-0.15, -0.1) is 0 Å². The summed E-state index contributed by atoms with van der Waals surface area (Å²) in [4.78, 5) is 0. The zero-order valence-corrected chi connectivity index (χ0v) is 13.7. The minimum atomic E-state index is -0.214. The van der Waals surface area contributed by atoms with Crippen LogP contribution >= 0.6 is 0 Å². The number of nitrogens with one attached hydrogen (secondary N) is 1. The van der Waals surface area contributed by atoms with Gasteiger partial charge in [0.25, 0.3) is 0 Å². The molecule has 1 aliphatic carbocycles. The largest absolute Gasteiger partial charge is 0.494 e. The molecule has 1 saturated carbocycles. The first-order valence-electron chi connectivity index (χ1n) is 7.98. The average Bonchev–Trinajstić information content (AvgIpc) is 2.46. The summed E-state index contributed by atoms with van der Waals surface area (Å²) in [5.74, 6) is 0.709. The van der Waals surface area contributed by atoms with Crippen LogP contribution in [0.4, 0.5) is 4.39 Å². The van der Waals surface area contributed by atoms with Crippen molar-refractivity contribution in [3.05, 3.63) is 29.6 Å². The van der Waals surface area contributed by atoms with Crippen LogP contribution in [0.1, 0.15) is 45.1 Å². The lowest BCUT2D eigenvalue weighted by molar-refractivity contribution is 0.101. The fourth-order valence-corrected chi connectivity index (χ4v) is 3.82. The van der Waals surface area contributed by atoms with Crippen LogP contribution in [0.25, 0.3) is 0 Å². The summed E-state index contributed by atoms with van der Waals surface area (Å²) in [5, 5.41) is 3.43. The van der Waals surface area contributed by atoms with Gasteiger partial charge < -0.3 is 10.1 Å². The summed E-state index contributed by atoms with van der Waals surface area (Å²) in [6.07, 6.45) is 5.80. The number of methoxy groups -OCH3 is 1. The maximum atomic E-state index is 14.4. The van der Waals surface area contributed by atoms with Crippen molar-refractivity contribution in [2.75, 3.05) is 14.2 Å². The summed E-state index contributed by atoms with van der Waals surface area (Å²) < 4.78 is 19.5. The van der Waals surface area contributed by atoms with Crippen molar-refractivity contribution in [3.8, 4) is 5.75 Å². The highest BCUT2D eigenvalue weighted by molar-refractivity contribution is 5.31. The van der Waals surface area contributed by atoms with Crippen molar-refractivity contribution in [1.29, 1.82) is 0 Å². The molecule has 2 nitrogen and oxygen atoms in total. The molecule has 0 aromatic heterocycles. The lowest BCUT2D eigenvalue weighted by atomic mass is 9.65. The van der Waals surface area contributed by atoms with Gasteiger partial charge in [0, 0.05) is 6.04 Å². The first-order valence-corrected chi connectivity index (χ1v) is 7.98. The van der Waals surface area contributed by atoms with Gasteiger partial charge in [0.15, 0.2) is 11.6 Å². The monoisotopic (exact) mass is 293 g/mol. The van der Waals surface area contributed by atoms with Gasteiger partial charge in [-0.1, -0.05) is 38.8 Å². The fraction of sp³-hybridized carbons (Fsp3) is 0.667. The zero-order chi connectivity index (χ0) is 15.5. The molecule has 3 heteroatoms. The third-order valence-corrected chi connectivity index (χ3v) is 5.15. The number of halogens is 1. The highest BCUT2D eigenvalue weighted by atomic mass is 19.1. The number of hydrogen-bond acceptors (Lipinski definition) is 2. The number of benzene rings is 1. The van der Waals surface area contributed by atoms with Crippen molar-refractivity contribution in [2.24, 2.45) is 11.3 Å². The summed E-state index contributed by atoms with van der Waals surface area (Å²) >= 11 is 0. The van der Waals surface area contributed by atoms with Crippen LogP contribution in [0.5, 0.6) is 5.75 Å². The molecular weight excluding hydrogens is 265 g/mol. The van der Waals surface area contributed by atoms with Crippen molar-refractivity contribution in [3.63, 3.8) is 0 Å². The van der Waals surface area contributed by atoms with Crippen LogP contribution in [0, 0.1) is 17.2 Å². The van der Waals surface area contributed by atoms with E-state index in [0.29, 0.717) is 29.5 Å². The summed E-state index contributed by atoms with van der Waals surface area (Å²) in [6, 6.07) is 5.73. The first kappa shape index (κ1) is 16.3. The third-order valence-electron chi connectivity index (χ3n) is 5.15. The molecule has 1 aromatic carbocycles. The molecule has 2 atom stereocenters. The van der Waals surface area contributed by atoms with Crippen LogP contribution in [0.15, 0.2) is 18.2 Å². The maximum absolute atomic E-state index is 14.4. The van der Waals surface area contributed by atoms with Crippen LogP contribution in [0.2, 0.25) is 0 Å². The highest BCUT2D eigenvalue weighted by Crippen LogP contribution is 2.43. The molecule has 2 rings (SSSR count). The molecule has 21 heavy (non-hydrogen) atoms. The molecule has 0 heterocycles. The zero-order valence-electron chi connectivity index (χ0n) is 13.7. The predicted molar refractivity (Wildman–Crippen MR) is 85.2 cm³/mol. The molecule has 2 unspecified atom stereocenters. The third kappa shape index (κ3) is 3.57. The number of likely N-dealkylation sites (N-methyl/N-ethyl adjacent to an activating group) is 1. The van der Waals surface area contributed by atoms with Crippen molar-refractivity contribution in [2.45, 2.75) is 52.0 Å². The Morgan fingerprint density at radius 2 is 2.14 bits per heavy atom. The molecule has 0 radical (unpaired) electrons. The molecule has 1 N–H and O–H groups in total. The standard InChI is InChI=1S/C18H28FNO/c1-18(2)11-6-5-9-14(18)15(20-3)12-13-8-7-10-16(21-4)17(13)19/h7-8,10,14-15,20H,5-6,9,11-12H2,1-4H3. The smallest absolute Gasteiger partial charge is 0.168 e. The summed E-state index contributed by atoms with van der Waals surface area (Å²) in [6.45, 7) is 4.70. The van der Waals surface area contributed by atoms with Crippen LogP contribution in [-0.2, 0) is 6.42 Å². The van der Waals surface area contributed by atoms with E-state index in [2.05, 4.69) is 19.2 Å². The minimum Gasteiger partial charge on any atom is -0.494 e. The Bertz CT molecular complexity index is 472. The van der Waals surface area contributed by atoms with Crippen LogP contribution in [0.3, 0.4) is 0 Å². The van der Waals surface area contributed by atoms with Crippen molar-refractivity contribution < 1.29 is 9.13 Å². The second-order valence-electron chi connectivity index (χ2n) is 6.87. The lowest BCUT2D eigenvalue weighted by Crippen LogP contribution is -2.44. The molecular formula is C18H28FNO. The second-order valence-corrected chi connectivity index (χ2v) is 6.87. The maximum Gasteiger partial charge on any atom is 0.168 e. The van der Waals surface area contributed by atoms with Crippen LogP contribution in [-0.4, -0.2) is 20.2 Å². The number of ether oxygens (including phenoxy) is 1. The molecule has 118 valence electrons. The Hall–Kier alpha value is -1.09. The van der Waals surface area contributed by atoms with E-state index in [1.807, 2.05) is 19.2 Å². The van der Waals surface area contributed by atoms with Crippen LogP contribution < -0.4 is 10.1 Å². The van der Waals surface area contributed by atoms with E-state index in [0.717, 1.165) is 5.56 Å². The Labute approximate surface area is 128 Å². The van der Waals surface area contributed by atoms with E-state index in [1.54, 1.807) is 6.07 Å². The van der Waals surface area contributed by atoms with E-state index in [-0.39, 0.29) is 5.82 Å². The van der Waals surface area contributed by atoms with Gasteiger partial charge in [0.2, 0.25) is 0 Å². The topological polar surface area (TPSA) is 21.3 Å². The average molecular weight is 293 g/mol. The van der Waals surface area contributed by atoms with Gasteiger partial charge >= 0.3 is 0 Å². The normalized spacial score (nSPS) is 22.8. The highest BCUT2D eigenvalue weighted by Gasteiger charge is 2.37. The summed E-state index contributed by atoms with van der Waals surface area (Å²) in [7, 11) is 3.51. The van der Waals surface area contributed by atoms with Gasteiger partial charge in [-0.05, 0) is 49.3 Å². The predicted octanol–water partition coefficient (Wildman–Crippen LogP) is 4.18. The molecule has 0 amide bonds. The Kier molecular flexibility index (Phi) is 5.26. The minimum absolute atomic E-state index is 0.214. The van der Waals surface area contributed by atoms with Crippen molar-refractivity contribution in [1.82, 2.24) is 5.32 Å². The number of hydrogen-bond donors (Lipinski definition) is 1. The van der Waals surface area contributed by atoms with Crippen molar-refractivity contribution >= 4 is 0 Å². The SMILES string of the molecule is CNC(Cc1cccc(OC)c1F)C1CCCCC1(C)C. The Morgan fingerprint density at radius 1 is 1.38 bits per heavy atom. The summed E-state index contributed by atoms with van der Waals surface area (Å²) in [5.41, 5.74) is 1.07. The first-order chi connectivity index (χ1) is 9.99. The molecule has 1 fully saturated rings. The molecule has 0 aliphatic heterocycles. The quantitative estimate of drug-likeness (QED) is 0.879. The van der Waals surface area contributed by atoms with E-state index < -0.39 is 0 Å². The second kappa shape index (κ2) is 6.78. The molecule has 1 aliphatic rings. The fourth-order valence-electron chi connectivity index (χ4n) is 3.82. The van der Waals surface area contributed by atoms with E-state index in [9.17, 15) is 4.39 Å². The van der Waals surface area contributed by atoms with Gasteiger partial charge in [-0.3, -0.25) is 0 Å². The van der Waals surface area contributed by atoms with Gasteiger partial charge in [-0.25, -0.2) is 4.39 Å². The van der Waals surface area contributed by atoms with Gasteiger partial charge in [-0.2, -0.15) is 0 Å². The van der Waals surface area contributed by atoms with E-state index in [4.69, 9.17) is 4.74 Å². The van der Waals surface area contributed by atoms with E-state index >= 15 is 0 Å². The molecule has 0 saturated heterocycles. The van der Waals surface area contributed by atoms with Gasteiger partial charge in [0.05, 0.1) is 7.11 Å². The Balaban J connectivity index is 2.19. The molecule has 0 spiro atoms. The Morgan fingerprint density at radius 3 is 2.76 bits per heavy atom. The van der Waals surface area contributed by atoms with Gasteiger partial charge in [0.1, 0.15) is 0 Å². The lowest BCUT2D eigenvalue weighted by Gasteiger charge is -2.43.